The van der Waals surface area contributed by atoms with Gasteiger partial charge >= 0.3 is 0 Å². The quantitative estimate of drug-likeness (QED) is 0.755. The van der Waals surface area contributed by atoms with E-state index in [1.165, 1.54) is 25.7 Å². The third-order valence-corrected chi connectivity index (χ3v) is 3.02. The Kier molecular flexibility index (Phi) is 4.90. The average Bonchev–Trinajstić information content (AvgIpc) is 2.01. The lowest BCUT2D eigenvalue weighted by molar-refractivity contribution is -0.0351. The zero-order valence-electron chi connectivity index (χ0n) is 9.83. The van der Waals surface area contributed by atoms with Crippen LogP contribution in [0.15, 0.2) is 0 Å². The fraction of sp³-hybridized carbons (Fsp3) is 1.00. The van der Waals surface area contributed by atoms with Crippen molar-refractivity contribution in [2.45, 2.75) is 71.1 Å². The van der Waals surface area contributed by atoms with Crippen molar-refractivity contribution >= 4 is 0 Å². The Morgan fingerprint density at radius 3 is 2.64 bits per heavy atom. The van der Waals surface area contributed by atoms with Crippen molar-refractivity contribution < 1.29 is 4.74 Å². The van der Waals surface area contributed by atoms with Gasteiger partial charge in [0.15, 0.2) is 0 Å². The van der Waals surface area contributed by atoms with Gasteiger partial charge in [-0.3, -0.25) is 0 Å². The summed E-state index contributed by atoms with van der Waals surface area (Å²) in [7, 11) is 0. The van der Waals surface area contributed by atoms with Gasteiger partial charge in [-0.15, -0.1) is 0 Å². The van der Waals surface area contributed by atoms with Crippen LogP contribution in [0.2, 0.25) is 0 Å². The Bertz CT molecular complexity index is 158. The van der Waals surface area contributed by atoms with Gasteiger partial charge in [0.2, 0.25) is 0 Å². The highest BCUT2D eigenvalue weighted by atomic mass is 16.5. The zero-order chi connectivity index (χ0) is 10.6. The molecule has 4 unspecified atom stereocenters. The second-order valence-electron chi connectivity index (χ2n) is 5.05. The summed E-state index contributed by atoms with van der Waals surface area (Å²) in [6.07, 6.45) is 6.98. The van der Waals surface area contributed by atoms with Crippen molar-refractivity contribution in [1.82, 2.24) is 0 Å². The first kappa shape index (κ1) is 12.0. The van der Waals surface area contributed by atoms with Gasteiger partial charge in [-0.1, -0.05) is 19.8 Å². The smallest absolute Gasteiger partial charge is 0.0581 e. The lowest BCUT2D eigenvalue weighted by Crippen LogP contribution is -2.29. The molecular weight excluding hydrogens is 174 g/mol. The highest BCUT2D eigenvalue weighted by Crippen LogP contribution is 2.26. The van der Waals surface area contributed by atoms with Gasteiger partial charge < -0.3 is 10.5 Å². The maximum Gasteiger partial charge on any atom is 0.0581 e. The van der Waals surface area contributed by atoms with E-state index >= 15 is 0 Å². The molecule has 1 rings (SSSR count). The molecule has 0 heterocycles. The van der Waals surface area contributed by atoms with E-state index in [-0.39, 0.29) is 6.04 Å². The molecule has 84 valence electrons. The summed E-state index contributed by atoms with van der Waals surface area (Å²) in [4.78, 5) is 0. The summed E-state index contributed by atoms with van der Waals surface area (Å²) in [5.74, 6) is 0.844. The first-order valence-corrected chi connectivity index (χ1v) is 5.99. The molecule has 1 saturated carbocycles. The molecule has 0 aromatic rings. The molecule has 0 radical (unpaired) electrons. The molecule has 1 aliphatic rings. The minimum atomic E-state index is 0.256. The van der Waals surface area contributed by atoms with Crippen LogP contribution >= 0.6 is 0 Å². The molecule has 2 heteroatoms. The number of hydrogen-bond acceptors (Lipinski definition) is 2. The summed E-state index contributed by atoms with van der Waals surface area (Å²) in [6, 6.07) is 0.256. The molecule has 14 heavy (non-hydrogen) atoms. The molecule has 0 aliphatic heterocycles. The molecule has 0 spiro atoms. The number of rotatable bonds is 4. The minimum absolute atomic E-state index is 0.256. The second kappa shape index (κ2) is 5.72. The van der Waals surface area contributed by atoms with Crippen molar-refractivity contribution in [3.63, 3.8) is 0 Å². The van der Waals surface area contributed by atoms with Crippen LogP contribution in [-0.4, -0.2) is 18.2 Å². The third-order valence-electron chi connectivity index (χ3n) is 3.02. The van der Waals surface area contributed by atoms with Crippen LogP contribution in [0.3, 0.4) is 0 Å². The second-order valence-corrected chi connectivity index (χ2v) is 5.05. The molecule has 4 atom stereocenters. The largest absolute Gasteiger partial charge is 0.375 e. The van der Waals surface area contributed by atoms with Crippen LogP contribution in [-0.2, 0) is 4.74 Å². The summed E-state index contributed by atoms with van der Waals surface area (Å²) in [5, 5.41) is 0. The van der Waals surface area contributed by atoms with Crippen LogP contribution in [0, 0.1) is 5.92 Å². The first-order valence-electron chi connectivity index (χ1n) is 5.99. The van der Waals surface area contributed by atoms with Gasteiger partial charge in [0.25, 0.3) is 0 Å². The van der Waals surface area contributed by atoms with Crippen molar-refractivity contribution in [3.05, 3.63) is 0 Å². The van der Waals surface area contributed by atoms with Crippen molar-refractivity contribution in [2.24, 2.45) is 11.7 Å². The topological polar surface area (TPSA) is 35.2 Å². The van der Waals surface area contributed by atoms with Gasteiger partial charge in [0, 0.05) is 6.04 Å². The highest BCUT2D eigenvalue weighted by Gasteiger charge is 2.21. The molecule has 1 aliphatic carbocycles. The highest BCUT2D eigenvalue weighted by molar-refractivity contribution is 4.72. The van der Waals surface area contributed by atoms with Crippen LogP contribution in [0.1, 0.15) is 52.9 Å². The Balaban J connectivity index is 2.21. The number of hydrogen-bond donors (Lipinski definition) is 1. The Morgan fingerprint density at radius 2 is 2.07 bits per heavy atom. The van der Waals surface area contributed by atoms with Crippen molar-refractivity contribution in [3.8, 4) is 0 Å². The van der Waals surface area contributed by atoms with E-state index in [2.05, 4.69) is 13.8 Å². The van der Waals surface area contributed by atoms with Gasteiger partial charge in [0.05, 0.1) is 12.2 Å². The molecule has 0 saturated heterocycles. The zero-order valence-corrected chi connectivity index (χ0v) is 9.83. The van der Waals surface area contributed by atoms with E-state index in [9.17, 15) is 0 Å². The molecule has 0 bridgehead atoms. The molecule has 2 N–H and O–H groups in total. The average molecular weight is 199 g/mol. The van der Waals surface area contributed by atoms with E-state index in [4.69, 9.17) is 10.5 Å². The molecule has 0 aromatic carbocycles. The van der Waals surface area contributed by atoms with Gasteiger partial charge in [-0.2, -0.15) is 0 Å². The summed E-state index contributed by atoms with van der Waals surface area (Å²) >= 11 is 0. The van der Waals surface area contributed by atoms with E-state index in [1.54, 1.807) is 0 Å². The van der Waals surface area contributed by atoms with E-state index in [1.807, 2.05) is 6.92 Å². The Hall–Kier alpha value is -0.0800. The first-order chi connectivity index (χ1) is 6.58. The lowest BCUT2D eigenvalue weighted by Gasteiger charge is -2.29. The summed E-state index contributed by atoms with van der Waals surface area (Å²) in [6.45, 7) is 6.51. The Labute approximate surface area is 88.2 Å². The molecule has 0 aromatic heterocycles. The molecule has 2 nitrogen and oxygen atoms in total. The van der Waals surface area contributed by atoms with Crippen LogP contribution in [0.5, 0.6) is 0 Å². The number of ether oxygens (including phenoxy) is 1. The van der Waals surface area contributed by atoms with E-state index in [0.717, 1.165) is 12.3 Å². The number of nitrogens with two attached hydrogens (primary N) is 1. The predicted molar refractivity (Wildman–Crippen MR) is 60.2 cm³/mol. The lowest BCUT2D eigenvalue weighted by atomic mass is 9.88. The van der Waals surface area contributed by atoms with Crippen LogP contribution in [0.4, 0.5) is 0 Å². The maximum absolute atomic E-state index is 5.99. The van der Waals surface area contributed by atoms with Gasteiger partial charge in [-0.05, 0) is 39.0 Å². The van der Waals surface area contributed by atoms with Crippen LogP contribution in [0.25, 0.3) is 0 Å². The van der Waals surface area contributed by atoms with E-state index < -0.39 is 0 Å². The van der Waals surface area contributed by atoms with Crippen molar-refractivity contribution in [1.29, 1.82) is 0 Å². The monoisotopic (exact) mass is 199 g/mol. The van der Waals surface area contributed by atoms with Gasteiger partial charge in [0.1, 0.15) is 0 Å². The summed E-state index contributed by atoms with van der Waals surface area (Å²) in [5.41, 5.74) is 5.75. The molecule has 0 amide bonds. The van der Waals surface area contributed by atoms with Crippen LogP contribution < -0.4 is 5.73 Å². The van der Waals surface area contributed by atoms with Gasteiger partial charge in [-0.25, -0.2) is 0 Å². The van der Waals surface area contributed by atoms with Crippen molar-refractivity contribution in [2.75, 3.05) is 0 Å². The van der Waals surface area contributed by atoms with E-state index in [0.29, 0.717) is 12.2 Å². The third kappa shape index (κ3) is 4.43. The molecular formula is C12H25NO. The normalized spacial score (nSPS) is 32.6. The SMILES string of the molecule is CC(N)CC(C)OC1CCCC(C)C1. The predicted octanol–water partition coefficient (Wildman–Crippen LogP) is 2.71. The minimum Gasteiger partial charge on any atom is -0.375 e. The summed E-state index contributed by atoms with van der Waals surface area (Å²) < 4.78 is 5.99. The fourth-order valence-corrected chi connectivity index (χ4v) is 2.41. The standard InChI is InChI=1S/C12H25NO/c1-9-5-4-6-12(7-9)14-11(3)8-10(2)13/h9-12H,4-8,13H2,1-3H3. The fourth-order valence-electron chi connectivity index (χ4n) is 2.41. The molecule has 1 fully saturated rings. The Morgan fingerprint density at radius 1 is 1.36 bits per heavy atom. The maximum atomic E-state index is 5.99.